The third-order valence-corrected chi connectivity index (χ3v) is 3.24. The van der Waals surface area contributed by atoms with E-state index in [2.05, 4.69) is 0 Å². The topological polar surface area (TPSA) is 92.5 Å². The van der Waals surface area contributed by atoms with Gasteiger partial charge in [0.05, 0.1) is 9.82 Å². The Labute approximate surface area is 145 Å². The van der Waals surface area contributed by atoms with Gasteiger partial charge in [-0.2, -0.15) is 0 Å². The number of rotatable bonds is 4. The molecule has 0 N–H and O–H groups in total. The van der Waals surface area contributed by atoms with Gasteiger partial charge in [0.2, 0.25) is 5.75 Å². The average molecular weight is 315 g/mol. The maximum Gasteiger partial charge on any atom is 1.00 e. The monoisotopic (exact) mass is 315 g/mol. The minimum Gasteiger partial charge on any atom is -0.768 e. The molecule has 0 saturated heterocycles. The van der Waals surface area contributed by atoms with Crippen LogP contribution < -0.4 is 34.3 Å². The first-order chi connectivity index (χ1) is 9.49. The number of ether oxygens (including phenoxy) is 1. The van der Waals surface area contributed by atoms with E-state index >= 15 is 0 Å². The first-order valence-electron chi connectivity index (χ1n) is 5.60. The van der Waals surface area contributed by atoms with Crippen molar-refractivity contribution in [3.8, 4) is 11.5 Å². The summed E-state index contributed by atoms with van der Waals surface area (Å²) < 4.78 is 27.7. The van der Waals surface area contributed by atoms with Crippen molar-refractivity contribution < 1.29 is 48.0 Å². The molecule has 0 aromatic heterocycles. The first kappa shape index (κ1) is 17.8. The summed E-state index contributed by atoms with van der Waals surface area (Å²) in [6.45, 7) is 1.74. The third-order valence-electron chi connectivity index (χ3n) is 2.56. The molecule has 0 fully saturated rings. The molecule has 0 radical (unpaired) electrons. The smallest absolute Gasteiger partial charge is 0.768 e. The zero-order valence-electron chi connectivity index (χ0n) is 11.4. The van der Waals surface area contributed by atoms with Crippen molar-refractivity contribution in [2.24, 2.45) is 0 Å². The van der Waals surface area contributed by atoms with Gasteiger partial charge in [-0.25, -0.2) is 0 Å². The van der Waals surface area contributed by atoms with Gasteiger partial charge in [-0.05, 0) is 41.8 Å². The number of hydrogen-bond acceptors (Lipinski definition) is 5. The first-order valence-corrected chi connectivity index (χ1v) is 6.67. The predicted molar refractivity (Wildman–Crippen MR) is 71.5 cm³/mol. The van der Waals surface area contributed by atoms with Crippen molar-refractivity contribution in [2.75, 3.05) is 0 Å². The van der Waals surface area contributed by atoms with E-state index in [0.717, 1.165) is 5.56 Å². The summed E-state index contributed by atoms with van der Waals surface area (Å²) in [5.74, 6) is 0.0475. The fraction of sp³-hybridized carbons (Fsp3) is 0.0769. The number of nitro groups is 1. The van der Waals surface area contributed by atoms with E-state index in [-0.39, 0.29) is 51.6 Å². The van der Waals surface area contributed by atoms with Gasteiger partial charge in [-0.3, -0.25) is 14.3 Å². The van der Waals surface area contributed by atoms with Crippen molar-refractivity contribution in [1.82, 2.24) is 0 Å². The molecule has 6 nitrogen and oxygen atoms in total. The van der Waals surface area contributed by atoms with Gasteiger partial charge in [0.15, 0.2) is 0 Å². The van der Waals surface area contributed by atoms with Crippen molar-refractivity contribution in [3.63, 3.8) is 0 Å². The van der Waals surface area contributed by atoms with Crippen molar-refractivity contribution in [2.45, 2.75) is 11.8 Å². The van der Waals surface area contributed by atoms with Crippen LogP contribution in [0.25, 0.3) is 0 Å². The second-order valence-electron chi connectivity index (χ2n) is 4.01. The van der Waals surface area contributed by atoms with Crippen LogP contribution in [0.4, 0.5) is 5.69 Å². The van der Waals surface area contributed by atoms with Gasteiger partial charge in [-0.1, -0.05) is 18.2 Å². The number of aryl methyl sites for hydroxylation is 1. The quantitative estimate of drug-likeness (QED) is 0.341. The molecular weight excluding hydrogens is 305 g/mol. The van der Waals surface area contributed by atoms with Crippen molar-refractivity contribution in [3.05, 3.63) is 58.1 Å². The molecule has 0 bridgehead atoms. The fourth-order valence-corrected chi connectivity index (χ4v) is 2.20. The number of para-hydroxylation sites is 2. The fourth-order valence-electron chi connectivity index (χ4n) is 1.64. The summed E-state index contributed by atoms with van der Waals surface area (Å²) in [7, 11) is 0. The predicted octanol–water partition coefficient (Wildman–Crippen LogP) is -0.0625. The van der Waals surface area contributed by atoms with E-state index in [1.165, 1.54) is 30.3 Å². The van der Waals surface area contributed by atoms with Crippen LogP contribution in [0.3, 0.4) is 0 Å². The molecule has 0 aliphatic carbocycles. The van der Waals surface area contributed by atoms with E-state index < -0.39 is 16.0 Å². The van der Waals surface area contributed by atoms with E-state index in [1.807, 2.05) is 0 Å². The van der Waals surface area contributed by atoms with Crippen LogP contribution in [0, 0.1) is 17.0 Å². The van der Waals surface area contributed by atoms with E-state index in [9.17, 15) is 18.9 Å². The van der Waals surface area contributed by atoms with Crippen LogP contribution in [-0.2, 0) is 11.1 Å². The van der Waals surface area contributed by atoms with Crippen LogP contribution >= 0.6 is 0 Å². The molecule has 0 saturated carbocycles. The Balaban J connectivity index is 0.00000220. The van der Waals surface area contributed by atoms with Crippen molar-refractivity contribution in [1.29, 1.82) is 0 Å². The molecule has 0 aliphatic rings. The second kappa shape index (κ2) is 7.67. The largest absolute Gasteiger partial charge is 1.00 e. The van der Waals surface area contributed by atoms with E-state index in [1.54, 1.807) is 19.1 Å². The van der Waals surface area contributed by atoms with Gasteiger partial charge >= 0.3 is 35.2 Å². The summed E-state index contributed by atoms with van der Waals surface area (Å²) in [6.07, 6.45) is 0. The Hall–Kier alpha value is -1.25. The van der Waals surface area contributed by atoms with Crippen LogP contribution in [0.2, 0.25) is 0 Å². The van der Waals surface area contributed by atoms with Gasteiger partial charge in [0.1, 0.15) is 5.75 Å². The van der Waals surface area contributed by atoms with E-state index in [4.69, 9.17) is 4.74 Å². The van der Waals surface area contributed by atoms with Gasteiger partial charge in [0.25, 0.3) is 0 Å². The molecule has 104 valence electrons. The summed E-state index contributed by atoms with van der Waals surface area (Å²) in [5, 5.41) is 10.9. The summed E-state index contributed by atoms with van der Waals surface area (Å²) in [5.41, 5.74) is 0.523. The maximum absolute atomic E-state index is 11.2. The molecule has 0 heterocycles. The van der Waals surface area contributed by atoms with Crippen LogP contribution in [0.15, 0.2) is 47.4 Å². The van der Waals surface area contributed by atoms with Crippen molar-refractivity contribution >= 4 is 16.8 Å². The van der Waals surface area contributed by atoms with Crippen LogP contribution in [-0.4, -0.2) is 13.7 Å². The molecule has 2 aromatic rings. The van der Waals surface area contributed by atoms with Crippen LogP contribution in [0.1, 0.15) is 5.56 Å². The van der Waals surface area contributed by atoms with Gasteiger partial charge in [-0.15, -0.1) is 0 Å². The Kier molecular flexibility index (Phi) is 6.50. The number of benzene rings is 2. The molecule has 2 rings (SSSR count). The maximum atomic E-state index is 11.2. The average Bonchev–Trinajstić information content (AvgIpc) is 2.41. The number of nitro benzene ring substituents is 1. The molecular formula is C13H10NNaO5S. The minimum absolute atomic E-state index is 0. The van der Waals surface area contributed by atoms with Crippen LogP contribution in [0.5, 0.6) is 11.5 Å². The molecule has 0 amide bonds. The standard InChI is InChI=1S/C13H11NO5S.Na/c1-9-6-7-12(13(8-9)20(17)18)19-11-5-3-2-4-10(11)14(15)16;/h2-8H,1H3,(H,17,18);/q;+1/p-1. The molecule has 8 heteroatoms. The second-order valence-corrected chi connectivity index (χ2v) is 4.92. The molecule has 0 spiro atoms. The number of hydrogen-bond donors (Lipinski definition) is 0. The Bertz CT molecular complexity index is 692. The minimum atomic E-state index is -2.49. The van der Waals surface area contributed by atoms with E-state index in [0.29, 0.717) is 0 Å². The normalized spacial score (nSPS) is 11.3. The zero-order valence-corrected chi connectivity index (χ0v) is 14.3. The Morgan fingerprint density at radius 3 is 2.43 bits per heavy atom. The zero-order chi connectivity index (χ0) is 14.7. The molecule has 1 unspecified atom stereocenters. The molecule has 1 atom stereocenters. The molecule has 21 heavy (non-hydrogen) atoms. The summed E-state index contributed by atoms with van der Waals surface area (Å²) >= 11 is -2.49. The SMILES string of the molecule is Cc1ccc(Oc2ccccc2[N+](=O)[O-])c(S(=O)[O-])c1.[Na+]. The third kappa shape index (κ3) is 4.36. The molecule has 0 aliphatic heterocycles. The van der Waals surface area contributed by atoms with Gasteiger partial charge in [0, 0.05) is 6.07 Å². The summed E-state index contributed by atoms with van der Waals surface area (Å²) in [4.78, 5) is 10.3. The van der Waals surface area contributed by atoms with Gasteiger partial charge < -0.3 is 9.29 Å². The number of nitrogens with zero attached hydrogens (tertiary/aromatic N) is 1. The summed E-state index contributed by atoms with van der Waals surface area (Å²) in [6, 6.07) is 10.4. The Morgan fingerprint density at radius 2 is 1.81 bits per heavy atom. The molecule has 2 aromatic carbocycles. The Morgan fingerprint density at radius 1 is 1.14 bits per heavy atom.